The van der Waals surface area contributed by atoms with Gasteiger partial charge in [-0.2, -0.15) is 15.0 Å². The van der Waals surface area contributed by atoms with Crippen molar-refractivity contribution in [3.05, 3.63) is 35.4 Å². The number of rotatable bonds is 15. The van der Waals surface area contributed by atoms with E-state index in [0.717, 1.165) is 24.0 Å². The Morgan fingerprint density at radius 1 is 1.14 bits per heavy atom. The molecule has 0 saturated carbocycles. The minimum absolute atomic E-state index is 0.00603. The van der Waals surface area contributed by atoms with Crippen LogP contribution in [-0.2, 0) is 29.0 Å². The summed E-state index contributed by atoms with van der Waals surface area (Å²) in [5, 5.41) is 9.11. The zero-order chi connectivity index (χ0) is 25.2. The van der Waals surface area contributed by atoms with Gasteiger partial charge in [0.25, 0.3) is 6.01 Å². The predicted octanol–water partition coefficient (Wildman–Crippen LogP) is 2.37. The second-order valence-electron chi connectivity index (χ2n) is 8.18. The van der Waals surface area contributed by atoms with Gasteiger partial charge in [-0.3, -0.25) is 14.3 Å². The SMILES string of the molecule is CCCCOc1nc(N)c2nc(OC)n(CCN(CCOC)Cc3cccc(CC(=O)O)c3)c2n1. The van der Waals surface area contributed by atoms with Crippen LogP contribution >= 0.6 is 0 Å². The molecule has 0 unspecified atom stereocenters. The predicted molar refractivity (Wildman–Crippen MR) is 132 cm³/mol. The van der Waals surface area contributed by atoms with Gasteiger partial charge in [-0.05, 0) is 17.5 Å². The van der Waals surface area contributed by atoms with Crippen LogP contribution in [0.4, 0.5) is 5.82 Å². The topological polar surface area (TPSA) is 138 Å². The fourth-order valence-electron chi connectivity index (χ4n) is 3.71. The summed E-state index contributed by atoms with van der Waals surface area (Å²) in [5.74, 6) is -0.609. The van der Waals surface area contributed by atoms with Gasteiger partial charge in [0, 0.05) is 33.3 Å². The van der Waals surface area contributed by atoms with E-state index in [4.69, 9.17) is 25.1 Å². The van der Waals surface area contributed by atoms with E-state index in [1.165, 1.54) is 0 Å². The first-order chi connectivity index (χ1) is 16.9. The summed E-state index contributed by atoms with van der Waals surface area (Å²) in [6.07, 6.45) is 1.89. The molecule has 3 N–H and O–H groups in total. The van der Waals surface area contributed by atoms with E-state index in [9.17, 15) is 4.79 Å². The lowest BCUT2D eigenvalue weighted by Crippen LogP contribution is -2.30. The van der Waals surface area contributed by atoms with Crippen molar-refractivity contribution in [3.8, 4) is 12.0 Å². The van der Waals surface area contributed by atoms with Gasteiger partial charge in [0.05, 0.1) is 26.7 Å². The van der Waals surface area contributed by atoms with E-state index in [1.54, 1.807) is 14.2 Å². The van der Waals surface area contributed by atoms with Gasteiger partial charge in [0.2, 0.25) is 0 Å². The average molecular weight is 487 g/mol. The first kappa shape index (κ1) is 26.2. The Morgan fingerprint density at radius 2 is 1.94 bits per heavy atom. The van der Waals surface area contributed by atoms with Crippen LogP contribution in [0.25, 0.3) is 11.2 Å². The zero-order valence-corrected chi connectivity index (χ0v) is 20.6. The Hall–Kier alpha value is -3.44. The highest BCUT2D eigenvalue weighted by molar-refractivity contribution is 5.83. The molecule has 35 heavy (non-hydrogen) atoms. The second kappa shape index (κ2) is 12.9. The monoisotopic (exact) mass is 486 g/mol. The standard InChI is InChI=1S/C24H34N6O5/c1-4-5-12-35-23-27-21(25)20-22(28-23)30(24(26-20)34-3)10-9-29(11-13-33-2)16-18-8-6-7-17(14-18)15-19(31)32/h6-8,14H,4-5,9-13,15-16H2,1-3H3,(H,31,32)(H2,25,27,28). The van der Waals surface area contributed by atoms with Crippen LogP contribution in [0.15, 0.2) is 24.3 Å². The normalized spacial score (nSPS) is 11.3. The number of aromatic nitrogens is 4. The third kappa shape index (κ3) is 7.27. The molecule has 0 radical (unpaired) electrons. The number of ether oxygens (including phenoxy) is 3. The molecular formula is C24H34N6O5. The van der Waals surface area contributed by atoms with Gasteiger partial charge in [-0.25, -0.2) is 0 Å². The Bertz CT molecular complexity index is 1120. The number of imidazole rings is 1. The van der Waals surface area contributed by atoms with E-state index in [0.29, 0.717) is 56.6 Å². The molecule has 2 aromatic heterocycles. The number of nitrogen functional groups attached to an aromatic ring is 1. The third-order valence-corrected chi connectivity index (χ3v) is 5.48. The fourth-order valence-corrected chi connectivity index (χ4v) is 3.71. The molecule has 190 valence electrons. The molecule has 0 spiro atoms. The minimum atomic E-state index is -0.850. The Morgan fingerprint density at radius 3 is 2.66 bits per heavy atom. The number of carboxylic acids is 1. The van der Waals surface area contributed by atoms with Crippen LogP contribution in [0.1, 0.15) is 30.9 Å². The van der Waals surface area contributed by atoms with Crippen molar-refractivity contribution in [1.82, 2.24) is 24.4 Å². The lowest BCUT2D eigenvalue weighted by molar-refractivity contribution is -0.136. The van der Waals surface area contributed by atoms with Gasteiger partial charge in [-0.1, -0.05) is 37.6 Å². The van der Waals surface area contributed by atoms with Crippen molar-refractivity contribution in [1.29, 1.82) is 0 Å². The number of unbranched alkanes of at least 4 members (excludes halogenated alkanes) is 1. The highest BCUT2D eigenvalue weighted by atomic mass is 16.5. The lowest BCUT2D eigenvalue weighted by Gasteiger charge is -2.23. The first-order valence-electron chi connectivity index (χ1n) is 11.7. The number of carbonyl (C=O) groups is 1. The van der Waals surface area contributed by atoms with Crippen LogP contribution in [0.2, 0.25) is 0 Å². The van der Waals surface area contributed by atoms with Gasteiger partial charge in [-0.15, -0.1) is 0 Å². The molecule has 0 aliphatic rings. The molecule has 0 amide bonds. The number of benzene rings is 1. The smallest absolute Gasteiger partial charge is 0.320 e. The van der Waals surface area contributed by atoms with Crippen LogP contribution in [-0.4, -0.2) is 76.0 Å². The van der Waals surface area contributed by atoms with Crippen LogP contribution in [0.5, 0.6) is 12.0 Å². The fraction of sp³-hybridized carbons (Fsp3) is 0.500. The van der Waals surface area contributed by atoms with Gasteiger partial charge >= 0.3 is 12.0 Å². The van der Waals surface area contributed by atoms with Crippen molar-refractivity contribution in [2.75, 3.05) is 46.3 Å². The van der Waals surface area contributed by atoms with Crippen LogP contribution in [0.3, 0.4) is 0 Å². The molecular weight excluding hydrogens is 452 g/mol. The molecule has 11 nitrogen and oxygen atoms in total. The molecule has 3 aromatic rings. The van der Waals surface area contributed by atoms with E-state index in [1.807, 2.05) is 28.8 Å². The number of hydrogen-bond acceptors (Lipinski definition) is 9. The molecule has 0 atom stereocenters. The third-order valence-electron chi connectivity index (χ3n) is 5.48. The molecule has 0 saturated heterocycles. The molecule has 0 fully saturated rings. The van der Waals surface area contributed by atoms with Crippen molar-refractivity contribution in [2.45, 2.75) is 39.3 Å². The molecule has 1 aromatic carbocycles. The molecule has 0 aliphatic carbocycles. The second-order valence-corrected chi connectivity index (χ2v) is 8.18. The highest BCUT2D eigenvalue weighted by Gasteiger charge is 2.19. The maximum absolute atomic E-state index is 11.1. The number of fused-ring (bicyclic) bond motifs is 1. The summed E-state index contributed by atoms with van der Waals surface area (Å²) in [4.78, 5) is 26.6. The number of hydrogen-bond donors (Lipinski definition) is 2. The van der Waals surface area contributed by atoms with Gasteiger partial charge < -0.3 is 25.1 Å². The largest absolute Gasteiger partial charge is 0.481 e. The lowest BCUT2D eigenvalue weighted by atomic mass is 10.1. The molecule has 0 aliphatic heterocycles. The summed E-state index contributed by atoms with van der Waals surface area (Å²) in [5.41, 5.74) is 8.96. The van der Waals surface area contributed by atoms with Crippen LogP contribution in [0, 0.1) is 0 Å². The van der Waals surface area contributed by atoms with Crippen molar-refractivity contribution in [2.24, 2.45) is 0 Å². The maximum atomic E-state index is 11.1. The number of anilines is 1. The maximum Gasteiger partial charge on any atom is 0.320 e. The van der Waals surface area contributed by atoms with Crippen molar-refractivity contribution < 1.29 is 24.1 Å². The average Bonchev–Trinajstić information content (AvgIpc) is 3.19. The van der Waals surface area contributed by atoms with Gasteiger partial charge in [0.1, 0.15) is 0 Å². The number of methoxy groups -OCH3 is 2. The van der Waals surface area contributed by atoms with E-state index in [-0.39, 0.29) is 18.2 Å². The minimum Gasteiger partial charge on any atom is -0.481 e. The van der Waals surface area contributed by atoms with Gasteiger partial charge in [0.15, 0.2) is 17.0 Å². The molecule has 2 heterocycles. The highest BCUT2D eigenvalue weighted by Crippen LogP contribution is 2.25. The number of aliphatic carboxylic acids is 1. The van der Waals surface area contributed by atoms with E-state index >= 15 is 0 Å². The zero-order valence-electron chi connectivity index (χ0n) is 20.6. The summed E-state index contributed by atoms with van der Waals surface area (Å²) >= 11 is 0. The number of nitrogens with zero attached hydrogens (tertiary/aromatic N) is 5. The first-order valence-corrected chi connectivity index (χ1v) is 11.7. The quantitative estimate of drug-likeness (QED) is 0.308. The summed E-state index contributed by atoms with van der Waals surface area (Å²) in [7, 11) is 3.22. The summed E-state index contributed by atoms with van der Waals surface area (Å²) in [6.45, 7) is 5.65. The molecule has 0 bridgehead atoms. The summed E-state index contributed by atoms with van der Waals surface area (Å²) in [6, 6.07) is 8.24. The Labute approximate surface area is 204 Å². The molecule has 11 heteroatoms. The van der Waals surface area contributed by atoms with E-state index < -0.39 is 5.97 Å². The number of nitrogens with two attached hydrogens (primary N) is 1. The number of carboxylic acid groups (broad SMARTS) is 1. The Kier molecular flexibility index (Phi) is 9.62. The summed E-state index contributed by atoms with van der Waals surface area (Å²) < 4.78 is 18.3. The molecule has 3 rings (SSSR count). The Balaban J connectivity index is 1.81. The van der Waals surface area contributed by atoms with Crippen molar-refractivity contribution >= 4 is 23.0 Å². The van der Waals surface area contributed by atoms with Crippen LogP contribution < -0.4 is 15.2 Å². The van der Waals surface area contributed by atoms with E-state index in [2.05, 4.69) is 26.8 Å². The van der Waals surface area contributed by atoms with Crippen molar-refractivity contribution in [3.63, 3.8) is 0 Å².